The normalized spacial score (nSPS) is 11.2. The van der Waals surface area contributed by atoms with Gasteiger partial charge >= 0.3 is 0 Å². The number of halogens is 2. The molecule has 6 nitrogen and oxygen atoms in total. The highest BCUT2D eigenvalue weighted by atomic mass is 19.1. The van der Waals surface area contributed by atoms with Gasteiger partial charge in [-0.15, -0.1) is 5.10 Å². The highest BCUT2D eigenvalue weighted by Gasteiger charge is 2.15. The molecule has 3 aromatic heterocycles. The van der Waals surface area contributed by atoms with E-state index in [1.807, 2.05) is 12.1 Å². The van der Waals surface area contributed by atoms with E-state index in [4.69, 9.17) is 0 Å². The van der Waals surface area contributed by atoms with Gasteiger partial charge in [0.25, 0.3) is 0 Å². The molecule has 0 fully saturated rings. The third-order valence-electron chi connectivity index (χ3n) is 4.46. The van der Waals surface area contributed by atoms with Crippen LogP contribution in [0.5, 0.6) is 0 Å². The molecule has 0 aliphatic heterocycles. The van der Waals surface area contributed by atoms with Crippen molar-refractivity contribution in [2.45, 2.75) is 0 Å². The summed E-state index contributed by atoms with van der Waals surface area (Å²) in [5.74, 6) is -0.855. The van der Waals surface area contributed by atoms with E-state index < -0.39 is 5.95 Å². The van der Waals surface area contributed by atoms with Crippen molar-refractivity contribution < 1.29 is 8.78 Å². The Bertz CT molecular complexity index is 1290. The van der Waals surface area contributed by atoms with Crippen LogP contribution in [0.4, 0.5) is 8.78 Å². The van der Waals surface area contributed by atoms with E-state index in [9.17, 15) is 8.78 Å². The first-order valence-corrected chi connectivity index (χ1v) is 8.47. The van der Waals surface area contributed by atoms with E-state index >= 15 is 0 Å². The Morgan fingerprint density at radius 3 is 2.64 bits per heavy atom. The Morgan fingerprint density at radius 1 is 0.964 bits per heavy atom. The lowest BCUT2D eigenvalue weighted by Crippen LogP contribution is -1.94. The lowest BCUT2D eigenvalue weighted by atomic mass is 10.0. The number of H-pyrrole nitrogens is 1. The second-order valence-electron chi connectivity index (χ2n) is 6.20. The SMILES string of the molecule is Fc1ccc(-n2cc(-c3n[nH]c4ccc(-c5cccnc5F)cc34)nn2)cc1. The standard InChI is InChI=1S/C20H12F2N6/c21-13-4-6-14(7-5-13)28-11-18(25-27-28)19-16-10-12(3-8-17(16)24-26-19)15-2-1-9-23-20(15)22/h1-11H,(H,24,26). The monoisotopic (exact) mass is 374 g/mol. The molecular weight excluding hydrogens is 362 g/mol. The van der Waals surface area contributed by atoms with Gasteiger partial charge in [-0.3, -0.25) is 5.10 Å². The van der Waals surface area contributed by atoms with Gasteiger partial charge in [0.2, 0.25) is 5.95 Å². The predicted molar refractivity (Wildman–Crippen MR) is 99.6 cm³/mol. The van der Waals surface area contributed by atoms with Crippen molar-refractivity contribution >= 4 is 10.9 Å². The molecular formula is C20H12F2N6. The molecule has 0 bridgehead atoms. The maximum atomic E-state index is 14.1. The minimum absolute atomic E-state index is 0.322. The smallest absolute Gasteiger partial charge is 0.220 e. The van der Waals surface area contributed by atoms with Gasteiger partial charge in [-0.1, -0.05) is 11.3 Å². The first-order valence-electron chi connectivity index (χ1n) is 8.47. The molecule has 0 atom stereocenters. The Labute approximate surface area is 157 Å². The van der Waals surface area contributed by atoms with Gasteiger partial charge in [0.1, 0.15) is 17.2 Å². The molecule has 0 aliphatic rings. The van der Waals surface area contributed by atoms with E-state index in [-0.39, 0.29) is 5.82 Å². The Morgan fingerprint density at radius 2 is 1.82 bits per heavy atom. The summed E-state index contributed by atoms with van der Waals surface area (Å²) in [5, 5.41) is 16.3. The first kappa shape index (κ1) is 16.2. The molecule has 0 saturated carbocycles. The third-order valence-corrected chi connectivity index (χ3v) is 4.46. The highest BCUT2D eigenvalue weighted by molar-refractivity contribution is 5.94. The average Bonchev–Trinajstić information content (AvgIpc) is 3.35. The number of nitrogens with one attached hydrogen (secondary N) is 1. The zero-order valence-electron chi connectivity index (χ0n) is 14.3. The fourth-order valence-corrected chi connectivity index (χ4v) is 3.07. The average molecular weight is 374 g/mol. The maximum Gasteiger partial charge on any atom is 0.220 e. The van der Waals surface area contributed by atoms with Crippen LogP contribution in [0.2, 0.25) is 0 Å². The predicted octanol–water partition coefficient (Wildman–Crippen LogP) is 4.15. The van der Waals surface area contributed by atoms with Crippen LogP contribution in [0.1, 0.15) is 0 Å². The Kier molecular flexibility index (Phi) is 3.68. The number of benzene rings is 2. The maximum absolute atomic E-state index is 14.1. The lowest BCUT2D eigenvalue weighted by molar-refractivity contribution is 0.587. The van der Waals surface area contributed by atoms with Crippen LogP contribution >= 0.6 is 0 Å². The first-order chi connectivity index (χ1) is 13.7. The quantitative estimate of drug-likeness (QED) is 0.482. The van der Waals surface area contributed by atoms with Gasteiger partial charge < -0.3 is 0 Å². The molecule has 28 heavy (non-hydrogen) atoms. The second kappa shape index (κ2) is 6.34. The molecule has 2 aromatic carbocycles. The van der Waals surface area contributed by atoms with Gasteiger partial charge in [0, 0.05) is 17.1 Å². The molecule has 136 valence electrons. The fourth-order valence-electron chi connectivity index (χ4n) is 3.07. The number of hydrogen-bond donors (Lipinski definition) is 1. The number of aromatic amines is 1. The van der Waals surface area contributed by atoms with Crippen molar-refractivity contribution in [2.24, 2.45) is 0 Å². The molecule has 0 radical (unpaired) electrons. The summed E-state index contributed by atoms with van der Waals surface area (Å²) in [4.78, 5) is 3.70. The molecule has 8 heteroatoms. The zero-order chi connectivity index (χ0) is 19.1. The van der Waals surface area contributed by atoms with Crippen LogP contribution in [0.3, 0.4) is 0 Å². The van der Waals surface area contributed by atoms with Crippen molar-refractivity contribution in [3.8, 4) is 28.2 Å². The van der Waals surface area contributed by atoms with Crippen molar-refractivity contribution in [2.75, 3.05) is 0 Å². The summed E-state index contributed by atoms with van der Waals surface area (Å²) in [6.07, 6.45) is 3.12. The third kappa shape index (κ3) is 2.71. The zero-order valence-corrected chi connectivity index (χ0v) is 14.3. The molecule has 5 rings (SSSR count). The number of pyridine rings is 1. The van der Waals surface area contributed by atoms with Crippen LogP contribution in [-0.2, 0) is 0 Å². The van der Waals surface area contributed by atoms with Gasteiger partial charge in [-0.25, -0.2) is 14.1 Å². The second-order valence-corrected chi connectivity index (χ2v) is 6.20. The highest BCUT2D eigenvalue weighted by Crippen LogP contribution is 2.30. The summed E-state index contributed by atoms with van der Waals surface area (Å²) < 4.78 is 28.7. The molecule has 0 amide bonds. The summed E-state index contributed by atoms with van der Waals surface area (Å²) >= 11 is 0. The van der Waals surface area contributed by atoms with E-state index in [1.54, 1.807) is 41.2 Å². The molecule has 1 N–H and O–H groups in total. The van der Waals surface area contributed by atoms with Crippen LogP contribution < -0.4 is 0 Å². The summed E-state index contributed by atoms with van der Waals surface area (Å²) in [6.45, 7) is 0. The molecule has 0 unspecified atom stereocenters. The topological polar surface area (TPSA) is 72.3 Å². The number of rotatable bonds is 3. The number of aromatic nitrogens is 6. The van der Waals surface area contributed by atoms with Gasteiger partial charge in [-0.2, -0.15) is 9.49 Å². The lowest BCUT2D eigenvalue weighted by Gasteiger charge is -2.03. The molecule has 5 aromatic rings. The summed E-state index contributed by atoms with van der Waals surface area (Å²) in [7, 11) is 0. The Balaban J connectivity index is 1.59. The summed E-state index contributed by atoms with van der Waals surface area (Å²) in [5.41, 5.74) is 3.70. The van der Waals surface area contributed by atoms with Crippen molar-refractivity contribution in [1.29, 1.82) is 0 Å². The molecule has 3 heterocycles. The van der Waals surface area contributed by atoms with Crippen LogP contribution in [0, 0.1) is 11.8 Å². The van der Waals surface area contributed by atoms with E-state index in [2.05, 4.69) is 25.5 Å². The van der Waals surface area contributed by atoms with E-state index in [1.165, 1.54) is 18.3 Å². The summed E-state index contributed by atoms with van der Waals surface area (Å²) in [6, 6.07) is 14.8. The van der Waals surface area contributed by atoms with Crippen molar-refractivity contribution in [3.63, 3.8) is 0 Å². The minimum atomic E-state index is -0.533. The largest absolute Gasteiger partial charge is 0.277 e. The van der Waals surface area contributed by atoms with Gasteiger partial charge in [0.15, 0.2) is 0 Å². The molecule has 0 aliphatic carbocycles. The fraction of sp³-hybridized carbons (Fsp3) is 0. The number of hydrogen-bond acceptors (Lipinski definition) is 4. The van der Waals surface area contributed by atoms with E-state index in [0.717, 1.165) is 10.9 Å². The molecule has 0 spiro atoms. The van der Waals surface area contributed by atoms with Crippen molar-refractivity contribution in [1.82, 2.24) is 30.2 Å². The van der Waals surface area contributed by atoms with Crippen molar-refractivity contribution in [3.05, 3.63) is 78.8 Å². The number of nitrogens with zero attached hydrogens (tertiary/aromatic N) is 5. The molecule has 0 saturated heterocycles. The Hall–Kier alpha value is -3.94. The van der Waals surface area contributed by atoms with Crippen LogP contribution in [0.25, 0.3) is 39.1 Å². The van der Waals surface area contributed by atoms with E-state index in [0.29, 0.717) is 28.2 Å². The minimum Gasteiger partial charge on any atom is -0.277 e. The van der Waals surface area contributed by atoms with Crippen LogP contribution in [0.15, 0.2) is 67.0 Å². The number of fused-ring (bicyclic) bond motifs is 1. The van der Waals surface area contributed by atoms with Gasteiger partial charge in [-0.05, 0) is 54.1 Å². The van der Waals surface area contributed by atoms with Gasteiger partial charge in [0.05, 0.1) is 17.4 Å². The van der Waals surface area contributed by atoms with Crippen LogP contribution in [-0.4, -0.2) is 30.2 Å².